The Bertz CT molecular complexity index is 574. The Kier molecular flexibility index (Phi) is 3.72. The van der Waals surface area contributed by atoms with Crippen molar-refractivity contribution in [2.75, 3.05) is 6.61 Å². The van der Waals surface area contributed by atoms with E-state index in [1.807, 2.05) is 24.3 Å². The molecule has 94 valence electrons. The predicted molar refractivity (Wildman–Crippen MR) is 66.1 cm³/mol. The summed E-state index contributed by atoms with van der Waals surface area (Å²) in [6, 6.07) is 7.53. The minimum Gasteiger partial charge on any atom is -0.466 e. The minimum atomic E-state index is -0.480. The summed E-state index contributed by atoms with van der Waals surface area (Å²) < 4.78 is 4.73. The molecule has 0 unspecified atom stereocenters. The molecule has 0 bridgehead atoms. The highest BCUT2D eigenvalue weighted by Gasteiger charge is 2.13. The number of esters is 1. The van der Waals surface area contributed by atoms with Crippen LogP contribution in [0.3, 0.4) is 0 Å². The minimum absolute atomic E-state index is 0.166. The molecule has 0 radical (unpaired) electrons. The number of carbonyl (C=O) groups is 2. The molecule has 1 heterocycles. The fraction of sp³-hybridized carbons (Fsp3) is 0.308. The molecule has 5 nitrogen and oxygen atoms in total. The third-order valence-electron chi connectivity index (χ3n) is 2.56. The molecule has 0 fully saturated rings. The normalized spacial score (nSPS) is 10.5. The SMILES string of the molecule is CCOC(=O)CC(=O)Cc1[nH]nc2ccccc12. The zero-order valence-corrected chi connectivity index (χ0v) is 10.1. The van der Waals surface area contributed by atoms with Crippen LogP contribution in [-0.2, 0) is 20.7 Å². The van der Waals surface area contributed by atoms with Gasteiger partial charge in [-0.15, -0.1) is 0 Å². The van der Waals surface area contributed by atoms with Crippen LogP contribution in [-0.4, -0.2) is 28.6 Å². The number of nitrogens with one attached hydrogen (secondary N) is 1. The molecule has 0 saturated heterocycles. The lowest BCUT2D eigenvalue weighted by Crippen LogP contribution is -2.13. The molecule has 0 spiro atoms. The fourth-order valence-corrected chi connectivity index (χ4v) is 1.78. The highest BCUT2D eigenvalue weighted by molar-refractivity contribution is 5.98. The number of H-pyrrole nitrogens is 1. The van der Waals surface area contributed by atoms with Crippen molar-refractivity contribution in [1.82, 2.24) is 10.2 Å². The van der Waals surface area contributed by atoms with Gasteiger partial charge in [0.05, 0.1) is 17.8 Å². The first-order valence-corrected chi connectivity index (χ1v) is 5.80. The number of nitrogens with zero attached hydrogens (tertiary/aromatic N) is 1. The van der Waals surface area contributed by atoms with Crippen LogP contribution >= 0.6 is 0 Å². The Labute approximate surface area is 104 Å². The van der Waals surface area contributed by atoms with E-state index in [0.29, 0.717) is 6.61 Å². The molecule has 1 N–H and O–H groups in total. The summed E-state index contributed by atoms with van der Waals surface area (Å²) >= 11 is 0. The average Bonchev–Trinajstić information content (AvgIpc) is 2.73. The molecule has 1 aromatic carbocycles. The van der Waals surface area contributed by atoms with Crippen LogP contribution in [0.2, 0.25) is 0 Å². The van der Waals surface area contributed by atoms with Crippen LogP contribution in [0.4, 0.5) is 0 Å². The number of carbonyl (C=O) groups excluding carboxylic acids is 2. The van der Waals surface area contributed by atoms with Crippen LogP contribution in [0.1, 0.15) is 19.0 Å². The van der Waals surface area contributed by atoms with Gasteiger partial charge in [-0.3, -0.25) is 14.7 Å². The van der Waals surface area contributed by atoms with Crippen molar-refractivity contribution in [1.29, 1.82) is 0 Å². The first-order valence-electron chi connectivity index (χ1n) is 5.80. The average molecular weight is 246 g/mol. The lowest BCUT2D eigenvalue weighted by molar-refractivity contribution is -0.145. The monoisotopic (exact) mass is 246 g/mol. The largest absolute Gasteiger partial charge is 0.466 e. The number of ether oxygens (including phenoxy) is 1. The van der Waals surface area contributed by atoms with Gasteiger partial charge < -0.3 is 4.74 Å². The molecular formula is C13H14N2O3. The van der Waals surface area contributed by atoms with Crippen LogP contribution in [0.25, 0.3) is 10.9 Å². The van der Waals surface area contributed by atoms with E-state index in [-0.39, 0.29) is 18.6 Å². The summed E-state index contributed by atoms with van der Waals surface area (Å²) in [5, 5.41) is 7.83. The number of rotatable bonds is 5. The van der Waals surface area contributed by atoms with Gasteiger partial charge in [0.15, 0.2) is 0 Å². The van der Waals surface area contributed by atoms with Gasteiger partial charge in [0.25, 0.3) is 0 Å². The maximum atomic E-state index is 11.7. The van der Waals surface area contributed by atoms with Crippen molar-refractivity contribution in [3.05, 3.63) is 30.0 Å². The van der Waals surface area contributed by atoms with Gasteiger partial charge in [0, 0.05) is 11.8 Å². The first kappa shape index (κ1) is 12.3. The van der Waals surface area contributed by atoms with E-state index in [9.17, 15) is 9.59 Å². The first-order chi connectivity index (χ1) is 8.70. The topological polar surface area (TPSA) is 72.1 Å². The lowest BCUT2D eigenvalue weighted by atomic mass is 10.1. The molecule has 0 aliphatic rings. The van der Waals surface area contributed by atoms with Crippen molar-refractivity contribution in [2.45, 2.75) is 19.8 Å². The third kappa shape index (κ3) is 2.74. The maximum Gasteiger partial charge on any atom is 0.313 e. The molecule has 0 aliphatic carbocycles. The quantitative estimate of drug-likeness (QED) is 0.643. The van der Waals surface area contributed by atoms with E-state index >= 15 is 0 Å². The van der Waals surface area contributed by atoms with E-state index in [1.165, 1.54) is 0 Å². The Morgan fingerprint density at radius 3 is 2.89 bits per heavy atom. The van der Waals surface area contributed by atoms with Crippen LogP contribution in [0.15, 0.2) is 24.3 Å². The van der Waals surface area contributed by atoms with Gasteiger partial charge in [-0.2, -0.15) is 5.10 Å². The number of hydrogen-bond acceptors (Lipinski definition) is 4. The lowest BCUT2D eigenvalue weighted by Gasteiger charge is -2.00. The summed E-state index contributed by atoms with van der Waals surface area (Å²) in [5.41, 5.74) is 1.55. The summed E-state index contributed by atoms with van der Waals surface area (Å²) in [7, 11) is 0. The molecule has 0 aliphatic heterocycles. The van der Waals surface area contributed by atoms with E-state index in [2.05, 4.69) is 10.2 Å². The van der Waals surface area contributed by atoms with E-state index in [0.717, 1.165) is 16.6 Å². The van der Waals surface area contributed by atoms with Gasteiger partial charge in [0.2, 0.25) is 0 Å². The molecule has 2 aromatic rings. The van der Waals surface area contributed by atoms with Crippen LogP contribution in [0.5, 0.6) is 0 Å². The van der Waals surface area contributed by atoms with Crippen molar-refractivity contribution in [3.63, 3.8) is 0 Å². The summed E-state index contributed by atoms with van der Waals surface area (Å²) in [6.45, 7) is 2.00. The highest BCUT2D eigenvalue weighted by Crippen LogP contribution is 2.16. The van der Waals surface area contributed by atoms with E-state index in [1.54, 1.807) is 6.92 Å². The van der Waals surface area contributed by atoms with Gasteiger partial charge >= 0.3 is 5.97 Å². The molecule has 18 heavy (non-hydrogen) atoms. The molecule has 0 saturated carbocycles. The molecule has 0 atom stereocenters. The molecular weight excluding hydrogens is 232 g/mol. The second-order valence-corrected chi connectivity index (χ2v) is 3.92. The maximum absolute atomic E-state index is 11.7. The van der Waals surface area contributed by atoms with Crippen LogP contribution in [0, 0.1) is 0 Å². The third-order valence-corrected chi connectivity index (χ3v) is 2.56. The number of fused-ring (bicyclic) bond motifs is 1. The van der Waals surface area contributed by atoms with Gasteiger partial charge in [-0.25, -0.2) is 0 Å². The molecule has 0 amide bonds. The summed E-state index contributed by atoms with van der Waals surface area (Å²) in [6.07, 6.45) is -0.0273. The Morgan fingerprint density at radius 2 is 2.11 bits per heavy atom. The Morgan fingerprint density at radius 1 is 1.33 bits per heavy atom. The number of ketones is 1. The number of aromatic amines is 1. The van der Waals surface area contributed by atoms with Crippen molar-refractivity contribution < 1.29 is 14.3 Å². The van der Waals surface area contributed by atoms with Crippen molar-refractivity contribution in [2.24, 2.45) is 0 Å². The zero-order chi connectivity index (χ0) is 13.0. The smallest absolute Gasteiger partial charge is 0.313 e. The van der Waals surface area contributed by atoms with E-state index < -0.39 is 5.97 Å². The number of hydrogen-bond donors (Lipinski definition) is 1. The Balaban J connectivity index is 2.05. The van der Waals surface area contributed by atoms with Gasteiger partial charge in [-0.05, 0) is 13.0 Å². The summed E-state index contributed by atoms with van der Waals surface area (Å²) in [4.78, 5) is 22.9. The van der Waals surface area contributed by atoms with Crippen molar-refractivity contribution in [3.8, 4) is 0 Å². The number of para-hydroxylation sites is 1. The van der Waals surface area contributed by atoms with Gasteiger partial charge in [0.1, 0.15) is 12.2 Å². The number of aromatic nitrogens is 2. The number of benzene rings is 1. The number of Topliss-reactive ketones (excluding diaryl/α,β-unsaturated/α-hetero) is 1. The molecule has 1 aromatic heterocycles. The van der Waals surface area contributed by atoms with Gasteiger partial charge in [-0.1, -0.05) is 18.2 Å². The van der Waals surface area contributed by atoms with Crippen LogP contribution < -0.4 is 0 Å². The molecule has 2 rings (SSSR count). The van der Waals surface area contributed by atoms with E-state index in [4.69, 9.17) is 4.74 Å². The Hall–Kier alpha value is -2.17. The standard InChI is InChI=1S/C13H14N2O3/c1-2-18-13(17)8-9(16)7-12-10-5-3-4-6-11(10)14-15-12/h3-6H,2,7-8H2,1H3,(H,14,15). The highest BCUT2D eigenvalue weighted by atomic mass is 16.5. The molecule has 5 heteroatoms. The zero-order valence-electron chi connectivity index (χ0n) is 10.1. The predicted octanol–water partition coefficient (Wildman–Crippen LogP) is 1.63. The second-order valence-electron chi connectivity index (χ2n) is 3.92. The fourth-order valence-electron chi connectivity index (χ4n) is 1.78. The summed E-state index contributed by atoms with van der Waals surface area (Å²) in [5.74, 6) is -0.658. The second kappa shape index (κ2) is 5.44. The van der Waals surface area contributed by atoms with Crippen molar-refractivity contribution >= 4 is 22.7 Å².